The SMILES string of the molecule is CN(CC(=O)N(C)CC(F)(F)F)CC1CCCCC1O. The van der Waals surface area contributed by atoms with E-state index in [-0.39, 0.29) is 18.6 Å². The van der Waals surface area contributed by atoms with E-state index in [1.807, 2.05) is 0 Å². The Morgan fingerprint density at radius 2 is 1.85 bits per heavy atom. The first-order valence-electron chi connectivity index (χ1n) is 6.86. The van der Waals surface area contributed by atoms with Crippen molar-refractivity contribution in [2.45, 2.75) is 38.0 Å². The second kappa shape index (κ2) is 7.26. The molecule has 0 aromatic rings. The molecule has 0 aromatic carbocycles. The smallest absolute Gasteiger partial charge is 0.393 e. The minimum absolute atomic E-state index is 0.0597. The summed E-state index contributed by atoms with van der Waals surface area (Å²) in [6, 6.07) is 0. The molecule has 0 heterocycles. The molecule has 1 aliphatic carbocycles. The quantitative estimate of drug-likeness (QED) is 0.836. The standard InChI is InChI=1S/C13H23F3N2O2/c1-17(7-10-5-3-4-6-11(10)19)8-12(20)18(2)9-13(14,15)16/h10-11,19H,3-9H2,1-2H3. The van der Waals surface area contributed by atoms with Gasteiger partial charge in [0.05, 0.1) is 12.6 Å². The maximum Gasteiger partial charge on any atom is 0.406 e. The van der Waals surface area contributed by atoms with Crippen LogP contribution in [0.25, 0.3) is 0 Å². The number of amides is 1. The number of aliphatic hydroxyl groups excluding tert-OH is 1. The number of hydrogen-bond donors (Lipinski definition) is 1. The molecule has 0 aliphatic heterocycles. The Balaban J connectivity index is 2.37. The highest BCUT2D eigenvalue weighted by Gasteiger charge is 2.31. The summed E-state index contributed by atoms with van der Waals surface area (Å²) in [4.78, 5) is 14.1. The predicted molar refractivity (Wildman–Crippen MR) is 69.2 cm³/mol. The van der Waals surface area contributed by atoms with Crippen LogP contribution in [0.2, 0.25) is 0 Å². The lowest BCUT2D eigenvalue weighted by Gasteiger charge is -2.31. The molecule has 1 N–H and O–H groups in total. The van der Waals surface area contributed by atoms with E-state index in [4.69, 9.17) is 0 Å². The van der Waals surface area contributed by atoms with Crippen molar-refractivity contribution >= 4 is 5.91 Å². The van der Waals surface area contributed by atoms with Gasteiger partial charge in [0.2, 0.25) is 5.91 Å². The van der Waals surface area contributed by atoms with E-state index in [0.29, 0.717) is 11.4 Å². The molecule has 0 saturated heterocycles. The average molecular weight is 296 g/mol. The predicted octanol–water partition coefficient (Wildman–Crippen LogP) is 1.49. The third-order valence-electron chi connectivity index (χ3n) is 3.66. The van der Waals surface area contributed by atoms with E-state index in [1.54, 1.807) is 11.9 Å². The Morgan fingerprint density at radius 3 is 2.40 bits per heavy atom. The highest BCUT2D eigenvalue weighted by atomic mass is 19.4. The second-order valence-corrected chi connectivity index (χ2v) is 5.67. The first kappa shape index (κ1) is 17.2. The molecule has 118 valence electrons. The van der Waals surface area contributed by atoms with E-state index in [1.165, 1.54) is 0 Å². The molecule has 1 aliphatic rings. The highest BCUT2D eigenvalue weighted by molar-refractivity contribution is 5.78. The summed E-state index contributed by atoms with van der Waals surface area (Å²) >= 11 is 0. The van der Waals surface area contributed by atoms with Gasteiger partial charge < -0.3 is 10.0 Å². The molecule has 20 heavy (non-hydrogen) atoms. The Morgan fingerprint density at radius 1 is 1.25 bits per heavy atom. The summed E-state index contributed by atoms with van der Waals surface area (Å²) < 4.78 is 36.6. The molecule has 7 heteroatoms. The molecule has 2 unspecified atom stereocenters. The number of carbonyl (C=O) groups excluding carboxylic acids is 1. The van der Waals surface area contributed by atoms with Crippen LogP contribution in [0.15, 0.2) is 0 Å². The van der Waals surface area contributed by atoms with Crippen LogP contribution in [0.5, 0.6) is 0 Å². The van der Waals surface area contributed by atoms with Crippen LogP contribution in [0, 0.1) is 5.92 Å². The molecule has 1 rings (SSSR count). The zero-order chi connectivity index (χ0) is 15.3. The Hall–Kier alpha value is -0.820. The first-order chi connectivity index (χ1) is 9.19. The van der Waals surface area contributed by atoms with Gasteiger partial charge in [-0.25, -0.2) is 0 Å². The van der Waals surface area contributed by atoms with Gasteiger partial charge in [-0.2, -0.15) is 13.2 Å². The monoisotopic (exact) mass is 296 g/mol. The Bertz CT molecular complexity index is 323. The van der Waals surface area contributed by atoms with Crippen molar-refractivity contribution in [3.05, 3.63) is 0 Å². The number of carbonyl (C=O) groups is 1. The van der Waals surface area contributed by atoms with Gasteiger partial charge in [-0.15, -0.1) is 0 Å². The summed E-state index contributed by atoms with van der Waals surface area (Å²) in [6.07, 6.45) is -1.01. The molecule has 0 aromatic heterocycles. The number of hydrogen-bond acceptors (Lipinski definition) is 3. The lowest BCUT2D eigenvalue weighted by atomic mass is 9.86. The number of alkyl halides is 3. The van der Waals surface area contributed by atoms with Crippen LogP contribution in [-0.4, -0.2) is 66.8 Å². The van der Waals surface area contributed by atoms with Gasteiger partial charge in [-0.05, 0) is 25.8 Å². The van der Waals surface area contributed by atoms with Crippen LogP contribution in [-0.2, 0) is 4.79 Å². The molecule has 1 amide bonds. The van der Waals surface area contributed by atoms with Crippen LogP contribution in [0.4, 0.5) is 13.2 Å². The lowest BCUT2D eigenvalue weighted by Crippen LogP contribution is -2.43. The minimum Gasteiger partial charge on any atom is -0.393 e. The lowest BCUT2D eigenvalue weighted by molar-refractivity contribution is -0.159. The molecule has 0 spiro atoms. The van der Waals surface area contributed by atoms with E-state index in [9.17, 15) is 23.1 Å². The Labute approximate surface area is 117 Å². The normalized spacial score (nSPS) is 23.9. The van der Waals surface area contributed by atoms with Crippen molar-refractivity contribution < 1.29 is 23.1 Å². The number of halogens is 3. The largest absolute Gasteiger partial charge is 0.406 e. The van der Waals surface area contributed by atoms with Gasteiger partial charge in [0, 0.05) is 13.6 Å². The van der Waals surface area contributed by atoms with Gasteiger partial charge >= 0.3 is 6.18 Å². The summed E-state index contributed by atoms with van der Waals surface area (Å²) in [5, 5.41) is 9.84. The van der Waals surface area contributed by atoms with Crippen LogP contribution in [0.1, 0.15) is 25.7 Å². The fourth-order valence-corrected chi connectivity index (χ4v) is 2.57. The van der Waals surface area contributed by atoms with Gasteiger partial charge in [0.1, 0.15) is 6.54 Å². The van der Waals surface area contributed by atoms with Crippen molar-refractivity contribution in [1.29, 1.82) is 0 Å². The van der Waals surface area contributed by atoms with E-state index < -0.39 is 18.6 Å². The molecule has 0 bridgehead atoms. The molecule has 1 saturated carbocycles. The highest BCUT2D eigenvalue weighted by Crippen LogP contribution is 2.24. The number of rotatable bonds is 5. The number of aliphatic hydroxyl groups is 1. The third-order valence-corrected chi connectivity index (χ3v) is 3.66. The zero-order valence-corrected chi connectivity index (χ0v) is 12.0. The summed E-state index contributed by atoms with van der Waals surface area (Å²) in [5.74, 6) is -0.454. The second-order valence-electron chi connectivity index (χ2n) is 5.67. The van der Waals surface area contributed by atoms with Crippen molar-refractivity contribution in [2.24, 2.45) is 5.92 Å². The average Bonchev–Trinajstić information content (AvgIpc) is 2.29. The minimum atomic E-state index is -4.37. The number of nitrogens with zero attached hydrogens (tertiary/aromatic N) is 2. The van der Waals surface area contributed by atoms with E-state index in [0.717, 1.165) is 32.7 Å². The Kier molecular flexibility index (Phi) is 6.26. The maximum absolute atomic E-state index is 12.2. The topological polar surface area (TPSA) is 43.8 Å². The van der Waals surface area contributed by atoms with Gasteiger partial charge in [-0.3, -0.25) is 9.69 Å². The van der Waals surface area contributed by atoms with E-state index >= 15 is 0 Å². The third kappa shape index (κ3) is 6.09. The first-order valence-corrected chi connectivity index (χ1v) is 6.86. The number of likely N-dealkylation sites (N-methyl/N-ethyl adjacent to an activating group) is 2. The van der Waals surface area contributed by atoms with E-state index in [2.05, 4.69) is 0 Å². The van der Waals surface area contributed by atoms with Gasteiger partial charge in [-0.1, -0.05) is 12.8 Å². The maximum atomic E-state index is 12.2. The molecular formula is C13H23F3N2O2. The summed E-state index contributed by atoms with van der Waals surface area (Å²) in [5.41, 5.74) is 0. The fraction of sp³-hybridized carbons (Fsp3) is 0.923. The molecule has 1 fully saturated rings. The van der Waals surface area contributed by atoms with Gasteiger partial charge in [0.25, 0.3) is 0 Å². The molecule has 2 atom stereocenters. The van der Waals surface area contributed by atoms with Gasteiger partial charge in [0.15, 0.2) is 0 Å². The van der Waals surface area contributed by atoms with Crippen molar-refractivity contribution in [3.63, 3.8) is 0 Å². The van der Waals surface area contributed by atoms with Crippen LogP contribution < -0.4 is 0 Å². The van der Waals surface area contributed by atoms with Crippen LogP contribution >= 0.6 is 0 Å². The molecule has 0 radical (unpaired) electrons. The van der Waals surface area contributed by atoms with Crippen molar-refractivity contribution in [2.75, 3.05) is 33.7 Å². The van der Waals surface area contributed by atoms with Crippen LogP contribution in [0.3, 0.4) is 0 Å². The molecular weight excluding hydrogens is 273 g/mol. The summed E-state index contributed by atoms with van der Waals surface area (Å²) in [6.45, 7) is -0.756. The van der Waals surface area contributed by atoms with Crippen molar-refractivity contribution in [1.82, 2.24) is 9.80 Å². The summed E-state index contributed by atoms with van der Waals surface area (Å²) in [7, 11) is 2.85. The fourth-order valence-electron chi connectivity index (χ4n) is 2.57. The van der Waals surface area contributed by atoms with Crippen molar-refractivity contribution in [3.8, 4) is 0 Å². The molecule has 4 nitrogen and oxygen atoms in total. The zero-order valence-electron chi connectivity index (χ0n) is 12.0.